The summed E-state index contributed by atoms with van der Waals surface area (Å²) in [5, 5.41) is 28.7. The minimum Gasteiger partial charge on any atom is -0.308 e. The van der Waals surface area contributed by atoms with Crippen molar-refractivity contribution in [3.8, 4) is 45.8 Å². The van der Waals surface area contributed by atoms with E-state index in [-0.39, 0.29) is 5.41 Å². The van der Waals surface area contributed by atoms with Crippen LogP contribution < -0.4 is 0 Å². The van der Waals surface area contributed by atoms with Crippen molar-refractivity contribution in [2.24, 2.45) is 0 Å². The number of para-hydroxylation sites is 1. The third kappa shape index (κ3) is 4.25. The highest BCUT2D eigenvalue weighted by atomic mass is 15.0. The van der Waals surface area contributed by atoms with Crippen LogP contribution in [0.15, 0.2) is 158 Å². The highest BCUT2D eigenvalue weighted by Gasteiger charge is 2.36. The summed E-state index contributed by atoms with van der Waals surface area (Å²) in [4.78, 5) is 0. The summed E-state index contributed by atoms with van der Waals surface area (Å²) in [5.74, 6) is 0. The lowest BCUT2D eigenvalue weighted by atomic mass is 9.82. The molecule has 10 aromatic rings. The van der Waals surface area contributed by atoms with Crippen molar-refractivity contribution in [2.75, 3.05) is 0 Å². The molecule has 1 aliphatic carbocycles. The molecule has 2 heterocycles. The molecule has 2 aromatic heterocycles. The standard InChI is InChI=1S/C51H32N4/c1-51(2)42-18-10-8-16-37(42)39-28-49-40(27-43(39)51)38-17-9-11-19-44(38)55(49)48-26-34(29-52)47(25-35(48)30-53)54-45-22-21-33(31-12-4-3-5-13-31)24-41(45)50-36-15-7-6-14-32(36)20-23-46(50)54/h3-28H,1-2H3. The molecule has 4 heteroatoms. The molecule has 55 heavy (non-hydrogen) atoms. The molecular weight excluding hydrogens is 669 g/mol. The van der Waals surface area contributed by atoms with Crippen molar-refractivity contribution in [2.45, 2.75) is 19.3 Å². The predicted octanol–water partition coefficient (Wildman–Crippen LogP) is 12.8. The molecule has 0 saturated carbocycles. The van der Waals surface area contributed by atoms with Crippen molar-refractivity contribution >= 4 is 54.4 Å². The molecule has 1 aliphatic rings. The lowest BCUT2D eigenvalue weighted by Gasteiger charge is -2.21. The number of hydrogen-bond donors (Lipinski definition) is 0. The van der Waals surface area contributed by atoms with Gasteiger partial charge in [-0.2, -0.15) is 10.5 Å². The smallest absolute Gasteiger partial charge is 0.101 e. The van der Waals surface area contributed by atoms with Gasteiger partial charge in [0.15, 0.2) is 0 Å². The summed E-state index contributed by atoms with van der Waals surface area (Å²) in [6.45, 7) is 4.60. The fourth-order valence-electron chi connectivity index (χ4n) is 9.41. The topological polar surface area (TPSA) is 57.4 Å². The van der Waals surface area contributed by atoms with Crippen LogP contribution in [0.4, 0.5) is 0 Å². The second kappa shape index (κ2) is 11.3. The van der Waals surface area contributed by atoms with E-state index >= 15 is 0 Å². The zero-order valence-corrected chi connectivity index (χ0v) is 30.3. The van der Waals surface area contributed by atoms with E-state index in [2.05, 4.69) is 169 Å². The van der Waals surface area contributed by atoms with Crippen LogP contribution in [0.1, 0.15) is 36.1 Å². The first-order chi connectivity index (χ1) is 27.0. The van der Waals surface area contributed by atoms with Crippen LogP contribution in [-0.4, -0.2) is 9.13 Å². The second-order valence-electron chi connectivity index (χ2n) is 15.2. The van der Waals surface area contributed by atoms with Crippen LogP contribution in [-0.2, 0) is 5.41 Å². The molecule has 0 aliphatic heterocycles. The van der Waals surface area contributed by atoms with Crippen LogP contribution in [0.25, 0.3) is 88.0 Å². The van der Waals surface area contributed by atoms with Crippen LogP contribution in [0, 0.1) is 22.7 Å². The minimum atomic E-state index is -0.147. The Balaban J connectivity index is 1.20. The summed E-state index contributed by atoms with van der Waals surface area (Å²) < 4.78 is 4.36. The molecule has 256 valence electrons. The van der Waals surface area contributed by atoms with Crippen molar-refractivity contribution in [1.29, 1.82) is 10.5 Å². The molecule has 0 unspecified atom stereocenters. The maximum absolute atomic E-state index is 11.0. The van der Waals surface area contributed by atoms with Crippen molar-refractivity contribution in [1.82, 2.24) is 9.13 Å². The number of fused-ring (bicyclic) bond motifs is 11. The number of benzene rings is 8. The van der Waals surface area contributed by atoms with Gasteiger partial charge in [-0.05, 0) is 92.7 Å². The van der Waals surface area contributed by atoms with E-state index in [0.29, 0.717) is 22.5 Å². The Hall–Kier alpha value is -7.40. The van der Waals surface area contributed by atoms with Crippen molar-refractivity contribution in [3.05, 3.63) is 180 Å². The summed E-state index contributed by atoms with van der Waals surface area (Å²) in [6, 6.07) is 60.4. The van der Waals surface area contributed by atoms with E-state index in [1.807, 2.05) is 24.3 Å². The third-order valence-electron chi connectivity index (χ3n) is 12.0. The maximum Gasteiger partial charge on any atom is 0.101 e. The van der Waals surface area contributed by atoms with E-state index in [4.69, 9.17) is 0 Å². The van der Waals surface area contributed by atoms with Gasteiger partial charge in [-0.1, -0.05) is 123 Å². The first-order valence-corrected chi connectivity index (χ1v) is 18.6. The Morgan fingerprint density at radius 3 is 1.85 bits per heavy atom. The number of nitriles is 2. The van der Waals surface area contributed by atoms with E-state index in [1.165, 1.54) is 22.3 Å². The molecular formula is C51H32N4. The van der Waals surface area contributed by atoms with E-state index in [1.54, 1.807) is 0 Å². The molecule has 0 atom stereocenters. The molecule has 0 spiro atoms. The molecule has 0 bridgehead atoms. The molecule has 4 nitrogen and oxygen atoms in total. The number of rotatable bonds is 3. The number of nitrogens with zero attached hydrogens (tertiary/aromatic N) is 4. The summed E-state index contributed by atoms with van der Waals surface area (Å²) >= 11 is 0. The number of aromatic nitrogens is 2. The van der Waals surface area contributed by atoms with Gasteiger partial charge in [-0.15, -0.1) is 0 Å². The maximum atomic E-state index is 11.0. The normalized spacial score (nSPS) is 13.0. The van der Waals surface area contributed by atoms with E-state index in [0.717, 1.165) is 65.5 Å². The predicted molar refractivity (Wildman–Crippen MR) is 225 cm³/mol. The average Bonchev–Trinajstić information content (AvgIpc) is 3.82. The fourth-order valence-corrected chi connectivity index (χ4v) is 9.41. The van der Waals surface area contributed by atoms with Crippen LogP contribution in [0.2, 0.25) is 0 Å². The molecule has 0 N–H and O–H groups in total. The Bertz CT molecular complexity index is 3360. The summed E-state index contributed by atoms with van der Waals surface area (Å²) in [7, 11) is 0. The van der Waals surface area contributed by atoms with Crippen LogP contribution in [0.3, 0.4) is 0 Å². The van der Waals surface area contributed by atoms with Crippen molar-refractivity contribution in [3.63, 3.8) is 0 Å². The van der Waals surface area contributed by atoms with Gasteiger partial charge in [0, 0.05) is 27.0 Å². The highest BCUT2D eigenvalue weighted by Crippen LogP contribution is 2.51. The quantitative estimate of drug-likeness (QED) is 0.184. The van der Waals surface area contributed by atoms with Gasteiger partial charge in [-0.3, -0.25) is 0 Å². The third-order valence-corrected chi connectivity index (χ3v) is 12.0. The lowest BCUT2D eigenvalue weighted by Crippen LogP contribution is -2.14. The average molecular weight is 701 g/mol. The summed E-state index contributed by atoms with van der Waals surface area (Å²) in [6.07, 6.45) is 0. The zero-order chi connectivity index (χ0) is 37.0. The van der Waals surface area contributed by atoms with Crippen molar-refractivity contribution < 1.29 is 0 Å². The van der Waals surface area contributed by atoms with Crippen LogP contribution >= 0.6 is 0 Å². The molecule has 11 rings (SSSR count). The highest BCUT2D eigenvalue weighted by molar-refractivity contribution is 6.22. The Morgan fingerprint density at radius 1 is 0.436 bits per heavy atom. The van der Waals surface area contributed by atoms with Gasteiger partial charge >= 0.3 is 0 Å². The lowest BCUT2D eigenvalue weighted by molar-refractivity contribution is 0.661. The van der Waals surface area contributed by atoms with Gasteiger partial charge in [0.05, 0.1) is 44.6 Å². The molecule has 0 radical (unpaired) electrons. The van der Waals surface area contributed by atoms with Crippen LogP contribution in [0.5, 0.6) is 0 Å². The van der Waals surface area contributed by atoms with Gasteiger partial charge in [0.25, 0.3) is 0 Å². The largest absolute Gasteiger partial charge is 0.308 e. The van der Waals surface area contributed by atoms with E-state index < -0.39 is 0 Å². The second-order valence-corrected chi connectivity index (χ2v) is 15.2. The van der Waals surface area contributed by atoms with Gasteiger partial charge in [-0.25, -0.2) is 0 Å². The Kier molecular flexibility index (Phi) is 6.40. The Morgan fingerprint density at radius 2 is 1.07 bits per heavy atom. The van der Waals surface area contributed by atoms with Gasteiger partial charge in [0.2, 0.25) is 0 Å². The van der Waals surface area contributed by atoms with Gasteiger partial charge < -0.3 is 9.13 Å². The fraction of sp³-hybridized carbons (Fsp3) is 0.0588. The Labute approximate surface area is 318 Å². The molecule has 0 fully saturated rings. The SMILES string of the molecule is CC1(C)c2ccccc2-c2cc3c(cc21)c1ccccc1n3-c1cc(C#N)c(-n2c3ccc(-c4ccccc4)cc3c3c4ccccc4ccc32)cc1C#N. The zero-order valence-electron chi connectivity index (χ0n) is 30.3. The van der Waals surface area contributed by atoms with Gasteiger partial charge in [0.1, 0.15) is 12.1 Å². The molecule has 0 saturated heterocycles. The first kappa shape index (κ1) is 31.2. The first-order valence-electron chi connectivity index (χ1n) is 18.6. The molecule has 8 aromatic carbocycles. The summed E-state index contributed by atoms with van der Waals surface area (Å²) in [5.41, 5.74) is 13.5. The monoisotopic (exact) mass is 700 g/mol. The molecule has 0 amide bonds. The number of hydrogen-bond acceptors (Lipinski definition) is 2. The minimum absolute atomic E-state index is 0.147. The van der Waals surface area contributed by atoms with E-state index in [9.17, 15) is 10.5 Å².